The number of aromatic nitrogens is 2. The van der Waals surface area contributed by atoms with E-state index in [-0.39, 0.29) is 18.4 Å². The first-order chi connectivity index (χ1) is 9.47. The van der Waals surface area contributed by atoms with Crippen LogP contribution in [0.25, 0.3) is 0 Å². The Morgan fingerprint density at radius 3 is 2.65 bits per heavy atom. The van der Waals surface area contributed by atoms with Gasteiger partial charge in [0.1, 0.15) is 23.5 Å². The van der Waals surface area contributed by atoms with Crippen LogP contribution in [0.2, 0.25) is 0 Å². The molecule has 0 aromatic carbocycles. The number of piperazine rings is 1. The van der Waals surface area contributed by atoms with Crippen LogP contribution in [0.15, 0.2) is 0 Å². The van der Waals surface area contributed by atoms with E-state index in [1.165, 1.54) is 0 Å². The molecule has 7 heteroatoms. The molecule has 7 nitrogen and oxygen atoms in total. The van der Waals surface area contributed by atoms with Crippen LogP contribution in [0.1, 0.15) is 37.1 Å². The number of imide groups is 1. The van der Waals surface area contributed by atoms with Crippen LogP contribution in [0, 0.1) is 6.92 Å². The van der Waals surface area contributed by atoms with Crippen LogP contribution in [-0.4, -0.2) is 34.4 Å². The zero-order valence-electron chi connectivity index (χ0n) is 11.5. The van der Waals surface area contributed by atoms with Crippen molar-refractivity contribution >= 4 is 23.5 Å². The standard InChI is InChI=1S/C13H17N5O2/c1-6-10(14)16-11(8-3-4-8)17-12(6)18-5-9(19)15-13(20)7(18)2/h7-8H,3-5H2,1-2H3,(H2,14,16,17)(H,15,19,20). The quantitative estimate of drug-likeness (QED) is 0.742. The number of rotatable bonds is 2. The Labute approximate surface area is 116 Å². The smallest absolute Gasteiger partial charge is 0.249 e. The second-order valence-corrected chi connectivity index (χ2v) is 5.41. The van der Waals surface area contributed by atoms with Crippen molar-refractivity contribution in [2.24, 2.45) is 0 Å². The summed E-state index contributed by atoms with van der Waals surface area (Å²) >= 11 is 0. The SMILES string of the molecule is Cc1c(N)nc(C2CC2)nc1N1CC(=O)NC(=O)C1C. The number of nitrogens with zero attached hydrogens (tertiary/aromatic N) is 3. The number of nitrogen functional groups attached to an aromatic ring is 1. The van der Waals surface area contributed by atoms with Crippen molar-refractivity contribution < 1.29 is 9.59 Å². The summed E-state index contributed by atoms with van der Waals surface area (Å²) in [5.74, 6) is 1.45. The van der Waals surface area contributed by atoms with E-state index in [9.17, 15) is 9.59 Å². The van der Waals surface area contributed by atoms with E-state index in [0.717, 1.165) is 12.8 Å². The van der Waals surface area contributed by atoms with Crippen LogP contribution in [0.4, 0.5) is 11.6 Å². The van der Waals surface area contributed by atoms with E-state index in [0.29, 0.717) is 28.9 Å². The summed E-state index contributed by atoms with van der Waals surface area (Å²) in [7, 11) is 0. The molecule has 2 aliphatic rings. The average Bonchev–Trinajstić information content (AvgIpc) is 3.21. The van der Waals surface area contributed by atoms with Gasteiger partial charge in [-0.15, -0.1) is 0 Å². The molecular formula is C13H17N5O2. The van der Waals surface area contributed by atoms with Gasteiger partial charge in [0.2, 0.25) is 11.8 Å². The van der Waals surface area contributed by atoms with E-state index in [2.05, 4.69) is 15.3 Å². The molecule has 0 radical (unpaired) electrons. The number of amides is 2. The fourth-order valence-electron chi connectivity index (χ4n) is 2.32. The molecule has 0 spiro atoms. The van der Waals surface area contributed by atoms with Gasteiger partial charge in [-0.3, -0.25) is 14.9 Å². The molecule has 1 aromatic heterocycles. The third kappa shape index (κ3) is 2.09. The van der Waals surface area contributed by atoms with Gasteiger partial charge in [-0.25, -0.2) is 9.97 Å². The minimum atomic E-state index is -0.451. The van der Waals surface area contributed by atoms with Crippen molar-refractivity contribution in [1.82, 2.24) is 15.3 Å². The van der Waals surface area contributed by atoms with Crippen LogP contribution in [-0.2, 0) is 9.59 Å². The van der Waals surface area contributed by atoms with Crippen molar-refractivity contribution in [3.8, 4) is 0 Å². The highest BCUT2D eigenvalue weighted by molar-refractivity contribution is 6.04. The molecule has 0 bridgehead atoms. The number of hydrogen-bond donors (Lipinski definition) is 2. The Kier molecular flexibility index (Phi) is 2.84. The topological polar surface area (TPSA) is 101 Å². The third-order valence-electron chi connectivity index (χ3n) is 3.81. The minimum absolute atomic E-state index is 0.105. The first-order valence-electron chi connectivity index (χ1n) is 6.71. The molecule has 1 saturated carbocycles. The maximum Gasteiger partial charge on any atom is 0.249 e. The summed E-state index contributed by atoms with van der Waals surface area (Å²) < 4.78 is 0. The maximum atomic E-state index is 11.8. The molecule has 1 aromatic rings. The zero-order valence-corrected chi connectivity index (χ0v) is 11.5. The highest BCUT2D eigenvalue weighted by atomic mass is 16.2. The highest BCUT2D eigenvalue weighted by Crippen LogP contribution is 2.39. The van der Waals surface area contributed by atoms with Gasteiger partial charge in [0.25, 0.3) is 0 Å². The molecule has 2 amide bonds. The summed E-state index contributed by atoms with van der Waals surface area (Å²) in [6.07, 6.45) is 2.13. The summed E-state index contributed by atoms with van der Waals surface area (Å²) in [5, 5.41) is 2.32. The number of nitrogens with one attached hydrogen (secondary N) is 1. The zero-order chi connectivity index (χ0) is 14.4. The van der Waals surface area contributed by atoms with Crippen molar-refractivity contribution in [3.05, 3.63) is 11.4 Å². The Bertz CT molecular complexity index is 597. The van der Waals surface area contributed by atoms with Crippen LogP contribution in [0.5, 0.6) is 0 Å². The Morgan fingerprint density at radius 1 is 1.30 bits per heavy atom. The minimum Gasteiger partial charge on any atom is -0.383 e. The van der Waals surface area contributed by atoms with E-state index in [1.807, 2.05) is 6.92 Å². The number of carbonyl (C=O) groups excluding carboxylic acids is 2. The molecule has 1 aliphatic heterocycles. The predicted molar refractivity (Wildman–Crippen MR) is 73.1 cm³/mol. The first-order valence-corrected chi connectivity index (χ1v) is 6.71. The molecule has 2 fully saturated rings. The van der Waals surface area contributed by atoms with Gasteiger partial charge in [-0.1, -0.05) is 0 Å². The van der Waals surface area contributed by atoms with Crippen molar-refractivity contribution in [2.75, 3.05) is 17.2 Å². The molecule has 20 heavy (non-hydrogen) atoms. The number of nitrogens with two attached hydrogens (primary N) is 1. The van der Waals surface area contributed by atoms with E-state index < -0.39 is 6.04 Å². The lowest BCUT2D eigenvalue weighted by atomic mass is 10.1. The average molecular weight is 275 g/mol. The lowest BCUT2D eigenvalue weighted by Gasteiger charge is -2.33. The first kappa shape index (κ1) is 12.8. The van der Waals surface area contributed by atoms with E-state index in [4.69, 9.17) is 5.73 Å². The molecule has 1 unspecified atom stereocenters. The van der Waals surface area contributed by atoms with Crippen LogP contribution >= 0.6 is 0 Å². The van der Waals surface area contributed by atoms with Gasteiger partial charge in [0.05, 0.1) is 6.54 Å². The van der Waals surface area contributed by atoms with E-state index in [1.54, 1.807) is 11.8 Å². The maximum absolute atomic E-state index is 11.8. The number of carbonyl (C=O) groups is 2. The molecule has 3 rings (SSSR count). The van der Waals surface area contributed by atoms with Gasteiger partial charge < -0.3 is 10.6 Å². The molecule has 1 saturated heterocycles. The van der Waals surface area contributed by atoms with Gasteiger partial charge in [-0.2, -0.15) is 0 Å². The lowest BCUT2D eigenvalue weighted by Crippen LogP contribution is -2.57. The molecule has 1 aliphatic carbocycles. The fraction of sp³-hybridized carbons (Fsp3) is 0.538. The third-order valence-corrected chi connectivity index (χ3v) is 3.81. The normalized spacial score (nSPS) is 22.9. The van der Waals surface area contributed by atoms with Gasteiger partial charge in [0.15, 0.2) is 0 Å². The van der Waals surface area contributed by atoms with Crippen molar-refractivity contribution in [1.29, 1.82) is 0 Å². The Balaban J connectivity index is 2.03. The lowest BCUT2D eigenvalue weighted by molar-refractivity contribution is -0.132. The second-order valence-electron chi connectivity index (χ2n) is 5.41. The summed E-state index contributed by atoms with van der Waals surface area (Å²) in [6.45, 7) is 3.66. The van der Waals surface area contributed by atoms with Gasteiger partial charge >= 0.3 is 0 Å². The second kappa shape index (κ2) is 4.43. The molecule has 106 valence electrons. The molecule has 3 N–H and O–H groups in total. The Hall–Kier alpha value is -2.18. The fourth-order valence-corrected chi connectivity index (χ4v) is 2.32. The van der Waals surface area contributed by atoms with Crippen LogP contribution in [0.3, 0.4) is 0 Å². The summed E-state index contributed by atoms with van der Waals surface area (Å²) in [6, 6.07) is -0.451. The number of anilines is 2. The summed E-state index contributed by atoms with van der Waals surface area (Å²) in [4.78, 5) is 33.9. The number of hydrogen-bond acceptors (Lipinski definition) is 6. The van der Waals surface area contributed by atoms with Crippen LogP contribution < -0.4 is 16.0 Å². The predicted octanol–water partition coefficient (Wildman–Crippen LogP) is 0.0959. The van der Waals surface area contributed by atoms with Crippen molar-refractivity contribution in [2.45, 2.75) is 38.6 Å². The largest absolute Gasteiger partial charge is 0.383 e. The van der Waals surface area contributed by atoms with E-state index >= 15 is 0 Å². The summed E-state index contributed by atoms with van der Waals surface area (Å²) in [5.41, 5.74) is 6.66. The van der Waals surface area contributed by atoms with Crippen molar-refractivity contribution in [3.63, 3.8) is 0 Å². The monoisotopic (exact) mass is 275 g/mol. The van der Waals surface area contributed by atoms with Gasteiger partial charge in [0, 0.05) is 11.5 Å². The Morgan fingerprint density at radius 2 is 2.00 bits per heavy atom. The van der Waals surface area contributed by atoms with Gasteiger partial charge in [-0.05, 0) is 26.7 Å². The molecular weight excluding hydrogens is 258 g/mol. The molecule has 1 atom stereocenters. The molecule has 2 heterocycles. The highest BCUT2D eigenvalue weighted by Gasteiger charge is 2.34.